The van der Waals surface area contributed by atoms with E-state index in [1.807, 2.05) is 0 Å². The highest BCUT2D eigenvalue weighted by atomic mass is 32.2. The summed E-state index contributed by atoms with van der Waals surface area (Å²) >= 11 is 0. The quantitative estimate of drug-likeness (QED) is 0.325. The molecule has 1 aliphatic heterocycles. The summed E-state index contributed by atoms with van der Waals surface area (Å²) in [6.07, 6.45) is 2.27. The predicted octanol–water partition coefficient (Wildman–Crippen LogP) is 1.48. The van der Waals surface area contributed by atoms with Crippen LogP contribution in [0.4, 0.5) is 13.2 Å². The predicted molar refractivity (Wildman–Crippen MR) is 76.5 cm³/mol. The lowest BCUT2D eigenvalue weighted by Crippen LogP contribution is -2.21. The van der Waals surface area contributed by atoms with Crippen molar-refractivity contribution in [3.05, 3.63) is 0 Å². The van der Waals surface area contributed by atoms with Crippen LogP contribution in [0.5, 0.6) is 0 Å². The van der Waals surface area contributed by atoms with E-state index in [1.165, 1.54) is 14.0 Å². The van der Waals surface area contributed by atoms with Crippen molar-refractivity contribution in [1.82, 2.24) is 0 Å². The fourth-order valence-electron chi connectivity index (χ4n) is 0.986. The van der Waals surface area contributed by atoms with Crippen LogP contribution < -0.4 is 0 Å². The first-order chi connectivity index (χ1) is 10.6. The Balaban J connectivity index is 0. The minimum absolute atomic E-state index is 0.156. The molecule has 0 aromatic carbocycles. The minimum atomic E-state index is -5.84. The molecule has 12 heteroatoms. The van der Waals surface area contributed by atoms with Crippen LogP contribution in [-0.4, -0.2) is 61.8 Å². The Labute approximate surface area is 138 Å². The average molecular weight is 384 g/mol. The number of aliphatic hydroxyl groups is 1. The summed E-state index contributed by atoms with van der Waals surface area (Å²) in [7, 11) is -4.38. The highest BCUT2D eigenvalue weighted by molar-refractivity contribution is 7.86. The van der Waals surface area contributed by atoms with Crippen LogP contribution in [0.3, 0.4) is 0 Å². The molecule has 146 valence electrons. The normalized spacial score (nSPS) is 18.0. The first-order valence-corrected chi connectivity index (χ1v) is 8.10. The summed E-state index contributed by atoms with van der Waals surface area (Å²) in [6.45, 7) is 5.80. The topological polar surface area (TPSA) is 119 Å². The van der Waals surface area contributed by atoms with Crippen LogP contribution in [0.1, 0.15) is 33.6 Å². The summed E-state index contributed by atoms with van der Waals surface area (Å²) in [5.41, 5.74) is -5.53. The van der Waals surface area contributed by atoms with E-state index in [4.69, 9.17) is 27.6 Å². The van der Waals surface area contributed by atoms with Gasteiger partial charge < -0.3 is 19.3 Å². The third-order valence-electron chi connectivity index (χ3n) is 2.29. The van der Waals surface area contributed by atoms with Gasteiger partial charge in [-0.05, 0) is 26.7 Å². The zero-order valence-electron chi connectivity index (χ0n) is 13.8. The van der Waals surface area contributed by atoms with Crippen molar-refractivity contribution in [3.8, 4) is 0 Å². The fraction of sp³-hybridized carbons (Fsp3) is 0.917. The molecule has 0 amide bonds. The van der Waals surface area contributed by atoms with E-state index in [9.17, 15) is 18.0 Å². The van der Waals surface area contributed by atoms with Gasteiger partial charge in [-0.15, -0.1) is 0 Å². The van der Waals surface area contributed by atoms with Gasteiger partial charge in [0.15, 0.2) is 5.79 Å². The van der Waals surface area contributed by atoms with Crippen LogP contribution in [-0.2, 0) is 29.1 Å². The Morgan fingerprint density at radius 1 is 1.33 bits per heavy atom. The standard InChI is InChI=1S/C7H12O3.C4H10O2.CHF3O3S/c1-6(8)10-5-7-3-2-4-9-7;1-4(2,5)6-3;2-1(3,4)8(5,6)7/h7H,2-5H2,1H3;5H,1-3H3;(H,5,6,7)/t7-;;/m0../s1. The molecule has 1 aliphatic rings. The fourth-order valence-corrected chi connectivity index (χ4v) is 0.986. The molecular formula is C12H23F3O8S. The number of methoxy groups -OCH3 is 1. The number of carbonyl (C=O) groups excluding carboxylic acids is 1. The minimum Gasteiger partial charge on any atom is -0.463 e. The van der Waals surface area contributed by atoms with Crippen LogP contribution in [0.2, 0.25) is 0 Å². The summed E-state index contributed by atoms with van der Waals surface area (Å²) < 4.78 is 72.0. The first-order valence-electron chi connectivity index (χ1n) is 6.66. The molecule has 1 atom stereocenters. The Morgan fingerprint density at radius 2 is 1.75 bits per heavy atom. The molecule has 1 fully saturated rings. The summed E-state index contributed by atoms with van der Waals surface area (Å²) in [6, 6.07) is 0. The number of hydrogen-bond acceptors (Lipinski definition) is 7. The Morgan fingerprint density at radius 3 is 1.96 bits per heavy atom. The highest BCUT2D eigenvalue weighted by Gasteiger charge is 2.44. The van der Waals surface area contributed by atoms with Crippen molar-refractivity contribution in [2.75, 3.05) is 20.3 Å². The molecular weight excluding hydrogens is 361 g/mol. The van der Waals surface area contributed by atoms with Gasteiger partial charge in [-0.25, -0.2) is 0 Å². The van der Waals surface area contributed by atoms with Crippen LogP contribution in [0.25, 0.3) is 0 Å². The Hall–Kier alpha value is -0.950. The largest absolute Gasteiger partial charge is 0.522 e. The Bertz CT molecular complexity index is 450. The molecule has 0 aromatic rings. The van der Waals surface area contributed by atoms with Crippen molar-refractivity contribution in [2.45, 2.75) is 51.0 Å². The molecule has 2 N–H and O–H groups in total. The molecule has 0 radical (unpaired) electrons. The zero-order valence-corrected chi connectivity index (χ0v) is 14.6. The molecule has 8 nitrogen and oxygen atoms in total. The lowest BCUT2D eigenvalue weighted by Gasteiger charge is -2.12. The van der Waals surface area contributed by atoms with Crippen LogP contribution in [0.15, 0.2) is 0 Å². The van der Waals surface area contributed by atoms with E-state index < -0.39 is 21.4 Å². The van der Waals surface area contributed by atoms with E-state index in [2.05, 4.69) is 4.74 Å². The van der Waals surface area contributed by atoms with E-state index in [0.717, 1.165) is 19.4 Å². The molecule has 24 heavy (non-hydrogen) atoms. The van der Waals surface area contributed by atoms with E-state index in [-0.39, 0.29) is 12.1 Å². The lowest BCUT2D eigenvalue weighted by atomic mass is 10.2. The molecule has 0 unspecified atom stereocenters. The van der Waals surface area contributed by atoms with Crippen molar-refractivity contribution >= 4 is 16.1 Å². The van der Waals surface area contributed by atoms with E-state index in [1.54, 1.807) is 13.8 Å². The van der Waals surface area contributed by atoms with Gasteiger partial charge in [0.2, 0.25) is 0 Å². The molecule has 1 heterocycles. The first kappa shape index (κ1) is 25.3. The SMILES string of the molecule is CC(=O)OC[C@@H]1CCCO1.COC(C)(C)O.O=S(=O)(O)C(F)(F)F. The van der Waals surface area contributed by atoms with Crippen molar-refractivity contribution in [1.29, 1.82) is 0 Å². The summed E-state index contributed by atoms with van der Waals surface area (Å²) in [5, 5.41) is 8.60. The molecule has 0 spiro atoms. The molecule has 0 aromatic heterocycles. The summed E-state index contributed by atoms with van der Waals surface area (Å²) in [4.78, 5) is 10.3. The average Bonchev–Trinajstić information content (AvgIpc) is 2.87. The van der Waals surface area contributed by atoms with Crippen molar-refractivity contribution in [3.63, 3.8) is 0 Å². The molecule has 0 bridgehead atoms. The van der Waals surface area contributed by atoms with Gasteiger partial charge in [-0.2, -0.15) is 21.6 Å². The van der Waals surface area contributed by atoms with Gasteiger partial charge in [-0.3, -0.25) is 9.35 Å². The van der Waals surface area contributed by atoms with Gasteiger partial charge in [0, 0.05) is 20.6 Å². The van der Waals surface area contributed by atoms with E-state index in [0.29, 0.717) is 6.61 Å². The van der Waals surface area contributed by atoms with Crippen molar-refractivity contribution < 1.29 is 50.3 Å². The Kier molecular flexibility index (Phi) is 11.4. The summed E-state index contributed by atoms with van der Waals surface area (Å²) in [5.74, 6) is -1.18. The number of hydrogen-bond donors (Lipinski definition) is 2. The molecule has 0 aliphatic carbocycles. The van der Waals surface area contributed by atoms with Gasteiger partial charge in [0.05, 0.1) is 6.10 Å². The maximum Gasteiger partial charge on any atom is 0.522 e. The lowest BCUT2D eigenvalue weighted by molar-refractivity contribution is -0.155. The highest BCUT2D eigenvalue weighted by Crippen LogP contribution is 2.20. The van der Waals surface area contributed by atoms with Gasteiger partial charge in [0.1, 0.15) is 6.61 Å². The van der Waals surface area contributed by atoms with Gasteiger partial charge in [0.25, 0.3) is 0 Å². The monoisotopic (exact) mass is 384 g/mol. The van der Waals surface area contributed by atoms with Crippen molar-refractivity contribution in [2.24, 2.45) is 0 Å². The number of halogens is 3. The number of alkyl halides is 3. The second-order valence-corrected chi connectivity index (χ2v) is 6.42. The maximum atomic E-state index is 10.7. The number of ether oxygens (including phenoxy) is 3. The molecule has 0 saturated carbocycles. The second kappa shape index (κ2) is 10.8. The number of carbonyl (C=O) groups is 1. The second-order valence-electron chi connectivity index (χ2n) is 5.01. The van der Waals surface area contributed by atoms with Gasteiger partial charge in [-0.1, -0.05) is 0 Å². The zero-order chi connectivity index (χ0) is 19.6. The third-order valence-corrected chi connectivity index (χ3v) is 2.87. The molecule has 1 saturated heterocycles. The molecule has 1 rings (SSSR count). The smallest absolute Gasteiger partial charge is 0.463 e. The number of esters is 1. The van der Waals surface area contributed by atoms with Gasteiger partial charge >= 0.3 is 21.6 Å². The maximum absolute atomic E-state index is 10.7. The van der Waals surface area contributed by atoms with Crippen LogP contribution in [0, 0.1) is 0 Å². The third kappa shape index (κ3) is 15.9. The number of rotatable bonds is 3. The van der Waals surface area contributed by atoms with Crippen LogP contribution >= 0.6 is 0 Å². The van der Waals surface area contributed by atoms with E-state index >= 15 is 0 Å².